The third-order valence-corrected chi connectivity index (χ3v) is 4.30. The number of piperidine rings is 1. The molecule has 19 heavy (non-hydrogen) atoms. The number of hydrogen-bond donors (Lipinski definition) is 1. The third kappa shape index (κ3) is 2.74. The number of likely N-dealkylation sites (tertiary alicyclic amines) is 1. The van der Waals surface area contributed by atoms with Crippen molar-refractivity contribution in [1.82, 2.24) is 10.2 Å². The fraction of sp³-hybridized carbons (Fsp3) is 0.600. The summed E-state index contributed by atoms with van der Waals surface area (Å²) < 4.78 is 18.6. The fourth-order valence-electron chi connectivity index (χ4n) is 3.33. The van der Waals surface area contributed by atoms with E-state index in [1.807, 2.05) is 6.07 Å². The van der Waals surface area contributed by atoms with Crippen LogP contribution in [-0.2, 0) is 6.54 Å². The van der Waals surface area contributed by atoms with E-state index in [1.54, 1.807) is 12.1 Å². The van der Waals surface area contributed by atoms with Gasteiger partial charge in [-0.05, 0) is 43.0 Å². The van der Waals surface area contributed by atoms with E-state index in [0.717, 1.165) is 37.7 Å². The second-order valence-electron chi connectivity index (χ2n) is 5.63. The van der Waals surface area contributed by atoms with Crippen LogP contribution in [0.4, 0.5) is 4.39 Å². The molecular formula is C15H21FN2O. The van der Waals surface area contributed by atoms with E-state index >= 15 is 0 Å². The van der Waals surface area contributed by atoms with E-state index < -0.39 is 0 Å². The molecule has 2 heterocycles. The number of ether oxygens (including phenoxy) is 1. The molecule has 0 aromatic heterocycles. The lowest BCUT2D eigenvalue weighted by molar-refractivity contribution is 0.311. The van der Waals surface area contributed by atoms with Gasteiger partial charge < -0.3 is 10.1 Å². The summed E-state index contributed by atoms with van der Waals surface area (Å²) in [5.41, 5.74) is 1.02. The van der Waals surface area contributed by atoms with E-state index in [1.165, 1.54) is 20.0 Å². The minimum atomic E-state index is -0.269. The quantitative estimate of drug-likeness (QED) is 0.904. The fourth-order valence-corrected chi connectivity index (χ4v) is 3.33. The third-order valence-electron chi connectivity index (χ3n) is 4.30. The maximum absolute atomic E-state index is 13.7. The molecule has 0 saturated carbocycles. The number of fused-ring (bicyclic) bond motifs is 1. The van der Waals surface area contributed by atoms with Crippen LogP contribution in [0.5, 0.6) is 5.75 Å². The molecule has 104 valence electrons. The SMILES string of the molecule is COc1ccc(CN2CC3CCCNC3C2)cc1F. The lowest BCUT2D eigenvalue weighted by atomic mass is 9.94. The van der Waals surface area contributed by atoms with Crippen LogP contribution in [0.2, 0.25) is 0 Å². The van der Waals surface area contributed by atoms with Crippen molar-refractivity contribution in [2.24, 2.45) is 5.92 Å². The molecule has 2 unspecified atom stereocenters. The molecule has 0 radical (unpaired) electrons. The molecule has 0 aliphatic carbocycles. The van der Waals surface area contributed by atoms with Crippen LogP contribution < -0.4 is 10.1 Å². The molecule has 2 saturated heterocycles. The zero-order valence-electron chi connectivity index (χ0n) is 11.4. The summed E-state index contributed by atoms with van der Waals surface area (Å²) in [6.45, 7) is 4.19. The van der Waals surface area contributed by atoms with Crippen molar-refractivity contribution in [2.45, 2.75) is 25.4 Å². The van der Waals surface area contributed by atoms with E-state index in [-0.39, 0.29) is 5.82 Å². The normalized spacial score (nSPS) is 27.3. The molecule has 2 fully saturated rings. The number of halogens is 1. The summed E-state index contributed by atoms with van der Waals surface area (Å²) in [7, 11) is 1.49. The second-order valence-corrected chi connectivity index (χ2v) is 5.63. The summed E-state index contributed by atoms with van der Waals surface area (Å²) in [6.07, 6.45) is 2.61. The summed E-state index contributed by atoms with van der Waals surface area (Å²) in [5.74, 6) is 0.826. The minimum Gasteiger partial charge on any atom is -0.494 e. The van der Waals surface area contributed by atoms with Crippen LogP contribution in [0.15, 0.2) is 18.2 Å². The van der Waals surface area contributed by atoms with Gasteiger partial charge >= 0.3 is 0 Å². The van der Waals surface area contributed by atoms with Crippen molar-refractivity contribution >= 4 is 0 Å². The first kappa shape index (κ1) is 12.9. The molecular weight excluding hydrogens is 243 g/mol. The van der Waals surface area contributed by atoms with E-state index in [4.69, 9.17) is 4.74 Å². The molecule has 1 aromatic carbocycles. The number of nitrogens with zero attached hydrogens (tertiary/aromatic N) is 1. The van der Waals surface area contributed by atoms with Gasteiger partial charge in [0.25, 0.3) is 0 Å². The molecule has 3 nitrogen and oxygen atoms in total. The highest BCUT2D eigenvalue weighted by Crippen LogP contribution is 2.26. The zero-order valence-corrected chi connectivity index (χ0v) is 11.4. The highest BCUT2D eigenvalue weighted by molar-refractivity contribution is 5.29. The van der Waals surface area contributed by atoms with E-state index in [9.17, 15) is 4.39 Å². The van der Waals surface area contributed by atoms with Crippen molar-refractivity contribution in [3.63, 3.8) is 0 Å². The summed E-state index contributed by atoms with van der Waals surface area (Å²) in [5, 5.41) is 3.59. The highest BCUT2D eigenvalue weighted by Gasteiger charge is 2.33. The predicted octanol–water partition coefficient (Wildman–Crippen LogP) is 2.02. The molecule has 0 bridgehead atoms. The van der Waals surface area contributed by atoms with Gasteiger partial charge in [0.15, 0.2) is 11.6 Å². The Bertz CT molecular complexity index is 438. The molecule has 0 spiro atoms. The second kappa shape index (κ2) is 5.47. The van der Waals surface area contributed by atoms with Gasteiger partial charge in [0.05, 0.1) is 7.11 Å². The molecule has 3 rings (SSSR count). The highest BCUT2D eigenvalue weighted by atomic mass is 19.1. The predicted molar refractivity (Wildman–Crippen MR) is 72.7 cm³/mol. The lowest BCUT2D eigenvalue weighted by Crippen LogP contribution is -2.40. The van der Waals surface area contributed by atoms with Crippen molar-refractivity contribution in [1.29, 1.82) is 0 Å². The van der Waals surface area contributed by atoms with Gasteiger partial charge in [0.2, 0.25) is 0 Å². The lowest BCUT2D eigenvalue weighted by Gasteiger charge is -2.24. The summed E-state index contributed by atoms with van der Waals surface area (Å²) in [4.78, 5) is 2.43. The van der Waals surface area contributed by atoms with Crippen LogP contribution in [0, 0.1) is 11.7 Å². The molecule has 1 N–H and O–H groups in total. The average molecular weight is 264 g/mol. The Morgan fingerprint density at radius 2 is 2.32 bits per heavy atom. The monoisotopic (exact) mass is 264 g/mol. The van der Waals surface area contributed by atoms with Crippen LogP contribution in [-0.4, -0.2) is 37.7 Å². The van der Waals surface area contributed by atoms with Gasteiger partial charge in [-0.3, -0.25) is 4.90 Å². The van der Waals surface area contributed by atoms with Crippen LogP contribution in [0.1, 0.15) is 18.4 Å². The average Bonchev–Trinajstić information content (AvgIpc) is 2.81. The van der Waals surface area contributed by atoms with Gasteiger partial charge in [-0.2, -0.15) is 0 Å². The van der Waals surface area contributed by atoms with Gasteiger partial charge in [-0.1, -0.05) is 6.07 Å². The van der Waals surface area contributed by atoms with Crippen molar-refractivity contribution in [3.05, 3.63) is 29.6 Å². The van der Waals surface area contributed by atoms with Gasteiger partial charge in [0, 0.05) is 25.7 Å². The first-order valence-electron chi connectivity index (χ1n) is 7.04. The van der Waals surface area contributed by atoms with Gasteiger partial charge in [0.1, 0.15) is 0 Å². The Morgan fingerprint density at radius 3 is 3.05 bits per heavy atom. The van der Waals surface area contributed by atoms with Crippen LogP contribution in [0.3, 0.4) is 0 Å². The Hall–Kier alpha value is -1.13. The smallest absolute Gasteiger partial charge is 0.165 e. The summed E-state index contributed by atoms with van der Waals surface area (Å²) >= 11 is 0. The molecule has 2 atom stereocenters. The molecule has 0 amide bonds. The largest absolute Gasteiger partial charge is 0.494 e. The van der Waals surface area contributed by atoms with Crippen molar-refractivity contribution < 1.29 is 9.13 Å². The van der Waals surface area contributed by atoms with Gasteiger partial charge in [-0.15, -0.1) is 0 Å². The molecule has 1 aromatic rings. The number of hydrogen-bond acceptors (Lipinski definition) is 3. The number of benzene rings is 1. The first-order chi connectivity index (χ1) is 9.26. The maximum Gasteiger partial charge on any atom is 0.165 e. The molecule has 2 aliphatic rings. The molecule has 2 aliphatic heterocycles. The number of rotatable bonds is 3. The van der Waals surface area contributed by atoms with Gasteiger partial charge in [-0.25, -0.2) is 4.39 Å². The number of methoxy groups -OCH3 is 1. The van der Waals surface area contributed by atoms with E-state index in [0.29, 0.717) is 11.8 Å². The maximum atomic E-state index is 13.7. The minimum absolute atomic E-state index is 0.269. The van der Waals surface area contributed by atoms with Crippen LogP contribution >= 0.6 is 0 Å². The topological polar surface area (TPSA) is 24.5 Å². The number of nitrogens with one attached hydrogen (secondary N) is 1. The van der Waals surface area contributed by atoms with E-state index in [2.05, 4.69) is 10.2 Å². The molecule has 4 heteroatoms. The Morgan fingerprint density at radius 1 is 1.42 bits per heavy atom. The van der Waals surface area contributed by atoms with Crippen molar-refractivity contribution in [2.75, 3.05) is 26.7 Å². The van der Waals surface area contributed by atoms with Crippen LogP contribution in [0.25, 0.3) is 0 Å². The Labute approximate surface area is 113 Å². The summed E-state index contributed by atoms with van der Waals surface area (Å²) in [6, 6.07) is 5.90. The first-order valence-corrected chi connectivity index (χ1v) is 7.04. The van der Waals surface area contributed by atoms with Crippen molar-refractivity contribution in [3.8, 4) is 5.75 Å². The standard InChI is InChI=1S/C15H21FN2O/c1-19-15-5-4-11(7-13(15)16)8-18-9-12-3-2-6-17-14(12)10-18/h4-5,7,12,14,17H,2-3,6,8-10H2,1H3. The Kier molecular flexibility index (Phi) is 3.71. The zero-order chi connectivity index (χ0) is 13.2. The Balaban J connectivity index is 1.64.